The average molecular weight is 292 g/mol. The molecule has 1 heterocycles. The second-order valence-corrected chi connectivity index (χ2v) is 5.70. The quantitative estimate of drug-likeness (QED) is 0.838. The Bertz CT molecular complexity index is 436. The zero-order chi connectivity index (χ0) is 15.2. The Morgan fingerprint density at radius 3 is 2.62 bits per heavy atom. The highest BCUT2D eigenvalue weighted by Crippen LogP contribution is 2.40. The molecule has 1 aromatic carbocycles. The first-order valence-electron chi connectivity index (χ1n) is 7.85. The number of likely N-dealkylation sites (tertiary alicyclic amines) is 1. The van der Waals surface area contributed by atoms with E-state index >= 15 is 0 Å². The van der Waals surface area contributed by atoms with Gasteiger partial charge in [0.05, 0.1) is 14.2 Å². The van der Waals surface area contributed by atoms with Crippen LogP contribution in [-0.2, 0) is 0 Å². The molecule has 0 amide bonds. The van der Waals surface area contributed by atoms with Crippen LogP contribution in [0.25, 0.3) is 0 Å². The maximum Gasteiger partial charge on any atom is 0.161 e. The Balaban J connectivity index is 2.30. The van der Waals surface area contributed by atoms with Gasteiger partial charge in [0, 0.05) is 6.04 Å². The van der Waals surface area contributed by atoms with Crippen molar-refractivity contribution >= 4 is 0 Å². The van der Waals surface area contributed by atoms with Crippen molar-refractivity contribution in [1.82, 2.24) is 10.2 Å². The van der Waals surface area contributed by atoms with E-state index in [1.54, 1.807) is 14.2 Å². The first kappa shape index (κ1) is 16.1. The SMILES string of the molecule is CCCN1CCC(CNC)C1c1ccc(OC)c(OC)c1. The summed E-state index contributed by atoms with van der Waals surface area (Å²) in [7, 11) is 5.42. The summed E-state index contributed by atoms with van der Waals surface area (Å²) in [5.41, 5.74) is 1.33. The minimum absolute atomic E-state index is 0.470. The number of hydrogen-bond acceptors (Lipinski definition) is 4. The summed E-state index contributed by atoms with van der Waals surface area (Å²) in [6, 6.07) is 6.81. The molecule has 21 heavy (non-hydrogen) atoms. The minimum Gasteiger partial charge on any atom is -0.493 e. The first-order valence-corrected chi connectivity index (χ1v) is 7.85. The van der Waals surface area contributed by atoms with Gasteiger partial charge in [-0.15, -0.1) is 0 Å². The van der Waals surface area contributed by atoms with Gasteiger partial charge in [0.2, 0.25) is 0 Å². The standard InChI is InChI=1S/C17H28N2O2/c1-5-9-19-10-8-14(12-18-2)17(19)13-6-7-15(20-3)16(11-13)21-4/h6-7,11,14,17-18H,5,8-10,12H2,1-4H3. The van der Waals surface area contributed by atoms with Gasteiger partial charge in [-0.05, 0) is 63.1 Å². The molecule has 1 aromatic rings. The molecule has 0 bridgehead atoms. The molecule has 0 aliphatic carbocycles. The second-order valence-electron chi connectivity index (χ2n) is 5.70. The Hall–Kier alpha value is -1.26. The maximum atomic E-state index is 5.47. The zero-order valence-corrected chi connectivity index (χ0v) is 13.7. The molecule has 0 aromatic heterocycles. The van der Waals surface area contributed by atoms with Crippen LogP contribution in [0.2, 0.25) is 0 Å². The van der Waals surface area contributed by atoms with E-state index in [1.165, 1.54) is 24.9 Å². The van der Waals surface area contributed by atoms with Gasteiger partial charge in [-0.3, -0.25) is 4.90 Å². The molecule has 0 spiro atoms. The summed E-state index contributed by atoms with van der Waals surface area (Å²) < 4.78 is 10.8. The third-order valence-corrected chi connectivity index (χ3v) is 4.35. The highest BCUT2D eigenvalue weighted by Gasteiger charge is 2.34. The van der Waals surface area contributed by atoms with Crippen LogP contribution in [0.1, 0.15) is 31.4 Å². The molecule has 118 valence electrons. The normalized spacial score (nSPS) is 22.5. The van der Waals surface area contributed by atoms with Crippen LogP contribution >= 0.6 is 0 Å². The molecule has 1 N–H and O–H groups in total. The van der Waals surface area contributed by atoms with Gasteiger partial charge in [-0.2, -0.15) is 0 Å². The summed E-state index contributed by atoms with van der Waals surface area (Å²) in [4.78, 5) is 2.60. The topological polar surface area (TPSA) is 33.7 Å². The number of rotatable bonds is 7. The summed E-state index contributed by atoms with van der Waals surface area (Å²) in [5, 5.41) is 3.34. The lowest BCUT2D eigenvalue weighted by atomic mass is 9.93. The number of methoxy groups -OCH3 is 2. The van der Waals surface area contributed by atoms with Crippen molar-refractivity contribution in [2.24, 2.45) is 5.92 Å². The summed E-state index contributed by atoms with van der Waals surface area (Å²) in [5.74, 6) is 2.27. The fourth-order valence-electron chi connectivity index (χ4n) is 3.46. The van der Waals surface area contributed by atoms with Gasteiger partial charge in [0.25, 0.3) is 0 Å². The Morgan fingerprint density at radius 1 is 1.24 bits per heavy atom. The van der Waals surface area contributed by atoms with Gasteiger partial charge < -0.3 is 14.8 Å². The monoisotopic (exact) mass is 292 g/mol. The number of nitrogens with zero attached hydrogens (tertiary/aromatic N) is 1. The van der Waals surface area contributed by atoms with Crippen molar-refractivity contribution < 1.29 is 9.47 Å². The number of benzene rings is 1. The minimum atomic E-state index is 0.470. The zero-order valence-electron chi connectivity index (χ0n) is 13.7. The average Bonchev–Trinajstić information content (AvgIpc) is 2.90. The van der Waals surface area contributed by atoms with Crippen LogP contribution in [0.3, 0.4) is 0 Å². The van der Waals surface area contributed by atoms with Crippen LogP contribution in [-0.4, -0.2) is 45.8 Å². The second kappa shape index (κ2) is 7.66. The van der Waals surface area contributed by atoms with Gasteiger partial charge in [0.15, 0.2) is 11.5 Å². The lowest BCUT2D eigenvalue weighted by molar-refractivity contribution is 0.226. The van der Waals surface area contributed by atoms with Crippen LogP contribution < -0.4 is 14.8 Å². The van der Waals surface area contributed by atoms with Gasteiger partial charge in [-0.25, -0.2) is 0 Å². The molecular formula is C17H28N2O2. The molecule has 0 saturated carbocycles. The Morgan fingerprint density at radius 2 is 2.00 bits per heavy atom. The number of hydrogen-bond donors (Lipinski definition) is 1. The van der Waals surface area contributed by atoms with E-state index in [4.69, 9.17) is 9.47 Å². The van der Waals surface area contributed by atoms with Crippen LogP contribution in [0.5, 0.6) is 11.5 Å². The van der Waals surface area contributed by atoms with E-state index in [0.717, 1.165) is 24.6 Å². The number of ether oxygens (including phenoxy) is 2. The predicted octanol–water partition coefficient (Wildman–Crippen LogP) is 2.70. The fourth-order valence-corrected chi connectivity index (χ4v) is 3.46. The molecule has 4 heteroatoms. The Labute approximate surface area is 128 Å². The third kappa shape index (κ3) is 3.50. The molecular weight excluding hydrogens is 264 g/mol. The van der Waals surface area contributed by atoms with Crippen molar-refractivity contribution in [1.29, 1.82) is 0 Å². The van der Waals surface area contributed by atoms with E-state index in [9.17, 15) is 0 Å². The molecule has 1 saturated heterocycles. The van der Waals surface area contributed by atoms with E-state index < -0.39 is 0 Å². The fraction of sp³-hybridized carbons (Fsp3) is 0.647. The summed E-state index contributed by atoms with van der Waals surface area (Å²) >= 11 is 0. The molecule has 1 fully saturated rings. The molecule has 2 unspecified atom stereocenters. The Kier molecular flexibility index (Phi) is 5.88. The maximum absolute atomic E-state index is 5.47. The van der Waals surface area contributed by atoms with Gasteiger partial charge >= 0.3 is 0 Å². The predicted molar refractivity (Wildman–Crippen MR) is 86.2 cm³/mol. The van der Waals surface area contributed by atoms with Gasteiger partial charge in [-0.1, -0.05) is 13.0 Å². The number of nitrogens with one attached hydrogen (secondary N) is 1. The summed E-state index contributed by atoms with van der Waals surface area (Å²) in [6.45, 7) is 5.63. The third-order valence-electron chi connectivity index (χ3n) is 4.35. The molecule has 0 radical (unpaired) electrons. The van der Waals surface area contributed by atoms with E-state index in [0.29, 0.717) is 12.0 Å². The highest BCUT2D eigenvalue weighted by molar-refractivity contribution is 5.44. The van der Waals surface area contributed by atoms with Gasteiger partial charge in [0.1, 0.15) is 0 Å². The summed E-state index contributed by atoms with van der Waals surface area (Å²) in [6.07, 6.45) is 2.44. The molecule has 1 aliphatic rings. The molecule has 4 nitrogen and oxygen atoms in total. The van der Waals surface area contributed by atoms with E-state index in [-0.39, 0.29) is 0 Å². The lowest BCUT2D eigenvalue weighted by Crippen LogP contribution is -2.29. The molecule has 2 atom stereocenters. The largest absolute Gasteiger partial charge is 0.493 e. The highest BCUT2D eigenvalue weighted by atomic mass is 16.5. The first-order chi connectivity index (χ1) is 10.2. The van der Waals surface area contributed by atoms with Crippen molar-refractivity contribution in [3.63, 3.8) is 0 Å². The van der Waals surface area contributed by atoms with E-state index in [1.807, 2.05) is 13.1 Å². The lowest BCUT2D eigenvalue weighted by Gasteiger charge is -2.29. The molecule has 1 aliphatic heterocycles. The smallest absolute Gasteiger partial charge is 0.161 e. The van der Waals surface area contributed by atoms with Crippen molar-refractivity contribution in [3.05, 3.63) is 23.8 Å². The molecule has 2 rings (SSSR count). The van der Waals surface area contributed by atoms with Crippen LogP contribution in [0, 0.1) is 5.92 Å². The van der Waals surface area contributed by atoms with Crippen molar-refractivity contribution in [2.75, 3.05) is 40.9 Å². The van der Waals surface area contributed by atoms with Crippen molar-refractivity contribution in [3.8, 4) is 11.5 Å². The van der Waals surface area contributed by atoms with Crippen LogP contribution in [0.15, 0.2) is 18.2 Å². The van der Waals surface area contributed by atoms with Crippen molar-refractivity contribution in [2.45, 2.75) is 25.8 Å². The van der Waals surface area contributed by atoms with Crippen LogP contribution in [0.4, 0.5) is 0 Å². The van der Waals surface area contributed by atoms with E-state index in [2.05, 4.69) is 29.3 Å².